The van der Waals surface area contributed by atoms with Crippen molar-refractivity contribution in [3.05, 3.63) is 51.9 Å². The lowest BCUT2D eigenvalue weighted by Crippen LogP contribution is -2.52. The molecule has 0 unspecified atom stereocenters. The van der Waals surface area contributed by atoms with E-state index in [1.165, 1.54) is 24.8 Å². The molecule has 5 nitrogen and oxygen atoms in total. The van der Waals surface area contributed by atoms with Crippen LogP contribution in [0.5, 0.6) is 0 Å². The average Bonchev–Trinajstić information content (AvgIpc) is 2.74. The predicted octanol–water partition coefficient (Wildman–Crippen LogP) is 4.95. The molecule has 4 saturated carbocycles. The number of aromatic nitrogens is 2. The number of nitrogens with one attached hydrogen (secondary N) is 1. The van der Waals surface area contributed by atoms with Gasteiger partial charge in [-0.05, 0) is 74.3 Å². The van der Waals surface area contributed by atoms with E-state index >= 15 is 0 Å². The Morgan fingerprint density at radius 1 is 1.10 bits per heavy atom. The monoisotopic (exact) mass is 480 g/mol. The van der Waals surface area contributed by atoms with Crippen LogP contribution in [-0.4, -0.2) is 27.3 Å². The zero-order chi connectivity index (χ0) is 21.0. The smallest absolute Gasteiger partial charge is 0.231 e. The number of halogens is 1. The molecule has 0 atom stereocenters. The third kappa shape index (κ3) is 3.62. The zero-order valence-corrected chi connectivity index (χ0v) is 19.4. The lowest BCUT2D eigenvalue weighted by Gasteiger charge is -2.55. The maximum atomic E-state index is 13.5. The molecule has 1 aromatic heterocycles. The minimum atomic E-state index is -0.146. The Morgan fingerprint density at radius 3 is 2.52 bits per heavy atom. The van der Waals surface area contributed by atoms with E-state index in [2.05, 4.69) is 54.3 Å². The van der Waals surface area contributed by atoms with Crippen LogP contribution in [0.1, 0.15) is 55.3 Å². The molecule has 1 aromatic carbocycles. The second kappa shape index (κ2) is 7.66. The Kier molecular flexibility index (Phi) is 4.91. The van der Waals surface area contributed by atoms with Gasteiger partial charge in [0.1, 0.15) is 12.1 Å². The standard InChI is InChI=1S/C25H29BrN4O/c26-21-4-2-1-3-19(21)13-30-6-5-20-22(14-30)27-15-28-23(20)29-24(31)25-10-16-7-17(11-25)9-18(8-16)12-25/h1-4,15-18H,5-14H2,(H,27,28,29,31). The number of fused-ring (bicyclic) bond motifs is 1. The Labute approximate surface area is 192 Å². The van der Waals surface area contributed by atoms with Crippen molar-refractivity contribution in [2.45, 2.75) is 58.0 Å². The van der Waals surface area contributed by atoms with E-state index in [0.29, 0.717) is 0 Å². The van der Waals surface area contributed by atoms with E-state index in [4.69, 9.17) is 0 Å². The number of nitrogens with zero attached hydrogens (tertiary/aromatic N) is 3. The normalized spacial score (nSPS) is 31.5. The van der Waals surface area contributed by atoms with Crippen LogP contribution >= 0.6 is 15.9 Å². The second-order valence-electron chi connectivity index (χ2n) is 10.4. The lowest BCUT2D eigenvalue weighted by atomic mass is 9.49. The molecule has 4 aliphatic carbocycles. The van der Waals surface area contributed by atoms with Gasteiger partial charge in [-0.15, -0.1) is 0 Å². The van der Waals surface area contributed by atoms with Gasteiger partial charge in [0.2, 0.25) is 5.91 Å². The molecular formula is C25H29BrN4O. The fourth-order valence-corrected chi connectivity index (χ4v) is 7.56. The van der Waals surface area contributed by atoms with Gasteiger partial charge in [0, 0.05) is 29.7 Å². The summed E-state index contributed by atoms with van der Waals surface area (Å²) < 4.78 is 1.15. The van der Waals surface area contributed by atoms with Gasteiger partial charge in [-0.1, -0.05) is 34.1 Å². The first kappa shape index (κ1) is 19.9. The van der Waals surface area contributed by atoms with Gasteiger partial charge in [-0.2, -0.15) is 0 Å². The summed E-state index contributed by atoms with van der Waals surface area (Å²) in [6.45, 7) is 2.63. The van der Waals surface area contributed by atoms with Gasteiger partial charge < -0.3 is 5.32 Å². The van der Waals surface area contributed by atoms with Gasteiger partial charge in [0.15, 0.2) is 0 Å². The molecule has 5 aliphatic rings. The number of amides is 1. The summed E-state index contributed by atoms with van der Waals surface area (Å²) in [6.07, 6.45) is 9.79. The topological polar surface area (TPSA) is 58.1 Å². The van der Waals surface area contributed by atoms with Crippen molar-refractivity contribution in [2.75, 3.05) is 11.9 Å². The fourth-order valence-electron chi connectivity index (χ4n) is 7.15. The van der Waals surface area contributed by atoms with E-state index in [1.807, 2.05) is 6.07 Å². The minimum absolute atomic E-state index is 0.146. The van der Waals surface area contributed by atoms with Crippen molar-refractivity contribution in [2.24, 2.45) is 23.2 Å². The first-order valence-corrected chi connectivity index (χ1v) is 12.5. The molecule has 0 radical (unpaired) electrons. The molecule has 1 amide bonds. The SMILES string of the molecule is O=C(Nc1ncnc2c1CCN(Cc1ccccc1Br)C2)C12CC3CC(CC(C3)C1)C2. The Balaban J connectivity index is 1.19. The Bertz CT molecular complexity index is 987. The molecular weight excluding hydrogens is 452 g/mol. The maximum Gasteiger partial charge on any atom is 0.231 e. The van der Waals surface area contributed by atoms with E-state index in [1.54, 1.807) is 6.33 Å². The molecule has 2 aromatic rings. The molecule has 4 bridgehead atoms. The van der Waals surface area contributed by atoms with Gasteiger partial charge in [0.05, 0.1) is 11.1 Å². The summed E-state index contributed by atoms with van der Waals surface area (Å²) in [5.41, 5.74) is 3.32. The van der Waals surface area contributed by atoms with Gasteiger partial charge in [-0.3, -0.25) is 9.69 Å². The largest absolute Gasteiger partial charge is 0.310 e. The molecule has 0 saturated heterocycles. The molecule has 7 rings (SSSR count). The van der Waals surface area contributed by atoms with Crippen LogP contribution in [0.25, 0.3) is 0 Å². The van der Waals surface area contributed by atoms with Crippen LogP contribution in [-0.2, 0) is 24.3 Å². The Morgan fingerprint density at radius 2 is 1.81 bits per heavy atom. The minimum Gasteiger partial charge on any atom is -0.310 e. The van der Waals surface area contributed by atoms with Crippen molar-refractivity contribution in [3.8, 4) is 0 Å². The van der Waals surface area contributed by atoms with Crippen molar-refractivity contribution >= 4 is 27.7 Å². The number of rotatable bonds is 4. The van der Waals surface area contributed by atoms with E-state index in [0.717, 1.165) is 84.6 Å². The maximum absolute atomic E-state index is 13.5. The number of carbonyl (C=O) groups excluding carboxylic acids is 1. The number of hydrogen-bond donors (Lipinski definition) is 1. The average molecular weight is 481 g/mol. The van der Waals surface area contributed by atoms with Crippen molar-refractivity contribution < 1.29 is 4.79 Å². The Hall–Kier alpha value is -1.79. The van der Waals surface area contributed by atoms with Crippen LogP contribution in [0.15, 0.2) is 35.1 Å². The highest BCUT2D eigenvalue weighted by molar-refractivity contribution is 9.10. The molecule has 31 heavy (non-hydrogen) atoms. The van der Waals surface area contributed by atoms with E-state index < -0.39 is 0 Å². The first-order chi connectivity index (χ1) is 15.1. The number of anilines is 1. The van der Waals surface area contributed by atoms with E-state index in [9.17, 15) is 4.79 Å². The highest BCUT2D eigenvalue weighted by Gasteiger charge is 2.54. The molecule has 162 valence electrons. The second-order valence-corrected chi connectivity index (χ2v) is 11.2. The molecule has 6 heteroatoms. The fraction of sp³-hybridized carbons (Fsp3) is 0.560. The number of benzene rings is 1. The van der Waals surface area contributed by atoms with Gasteiger partial charge >= 0.3 is 0 Å². The van der Waals surface area contributed by atoms with Crippen LogP contribution in [0.4, 0.5) is 5.82 Å². The number of hydrogen-bond acceptors (Lipinski definition) is 4. The van der Waals surface area contributed by atoms with Crippen molar-refractivity contribution in [1.29, 1.82) is 0 Å². The van der Waals surface area contributed by atoms with Crippen molar-refractivity contribution in [1.82, 2.24) is 14.9 Å². The van der Waals surface area contributed by atoms with Gasteiger partial charge in [0.25, 0.3) is 0 Å². The summed E-state index contributed by atoms with van der Waals surface area (Å²) in [6, 6.07) is 8.38. The summed E-state index contributed by atoms with van der Waals surface area (Å²) in [4.78, 5) is 25.0. The lowest BCUT2D eigenvalue weighted by molar-refractivity contribution is -0.140. The summed E-state index contributed by atoms with van der Waals surface area (Å²) in [5, 5.41) is 3.28. The van der Waals surface area contributed by atoms with E-state index in [-0.39, 0.29) is 11.3 Å². The molecule has 1 N–H and O–H groups in total. The highest BCUT2D eigenvalue weighted by atomic mass is 79.9. The predicted molar refractivity (Wildman–Crippen MR) is 123 cm³/mol. The zero-order valence-electron chi connectivity index (χ0n) is 17.8. The summed E-state index contributed by atoms with van der Waals surface area (Å²) >= 11 is 3.66. The molecule has 0 spiro atoms. The van der Waals surface area contributed by atoms with Crippen molar-refractivity contribution in [3.63, 3.8) is 0 Å². The van der Waals surface area contributed by atoms with Crippen LogP contribution in [0.3, 0.4) is 0 Å². The van der Waals surface area contributed by atoms with Crippen LogP contribution in [0, 0.1) is 23.2 Å². The van der Waals surface area contributed by atoms with Crippen LogP contribution in [0.2, 0.25) is 0 Å². The quantitative estimate of drug-likeness (QED) is 0.672. The highest BCUT2D eigenvalue weighted by Crippen LogP contribution is 2.60. The van der Waals surface area contributed by atoms with Crippen LogP contribution < -0.4 is 5.32 Å². The number of carbonyl (C=O) groups is 1. The van der Waals surface area contributed by atoms with Gasteiger partial charge in [-0.25, -0.2) is 9.97 Å². The third-order valence-electron chi connectivity index (χ3n) is 8.19. The molecule has 1 aliphatic heterocycles. The third-order valence-corrected chi connectivity index (χ3v) is 8.96. The summed E-state index contributed by atoms with van der Waals surface area (Å²) in [7, 11) is 0. The first-order valence-electron chi connectivity index (χ1n) is 11.7. The summed E-state index contributed by atoms with van der Waals surface area (Å²) in [5.74, 6) is 3.28. The molecule has 4 fully saturated rings. The molecule has 2 heterocycles.